The van der Waals surface area contributed by atoms with E-state index < -0.39 is 23.8 Å². The van der Waals surface area contributed by atoms with Crippen molar-refractivity contribution in [2.75, 3.05) is 33.2 Å². The zero-order valence-corrected chi connectivity index (χ0v) is 13.1. The minimum atomic E-state index is -0.845. The molecule has 0 radical (unpaired) electrons. The van der Waals surface area contributed by atoms with Crippen LogP contribution >= 0.6 is 0 Å². The summed E-state index contributed by atoms with van der Waals surface area (Å²) in [5, 5.41) is 0. The van der Waals surface area contributed by atoms with Crippen LogP contribution in [0.3, 0.4) is 0 Å². The van der Waals surface area contributed by atoms with Gasteiger partial charge < -0.3 is 14.5 Å². The molecule has 0 aromatic heterocycles. The van der Waals surface area contributed by atoms with E-state index in [0.29, 0.717) is 19.0 Å². The lowest BCUT2D eigenvalue weighted by molar-refractivity contribution is -0.135. The van der Waals surface area contributed by atoms with Gasteiger partial charge in [0, 0.05) is 44.7 Å². The van der Waals surface area contributed by atoms with Crippen LogP contribution < -0.4 is 0 Å². The van der Waals surface area contributed by atoms with Crippen molar-refractivity contribution >= 4 is 11.8 Å². The minimum absolute atomic E-state index is 0.152. The van der Waals surface area contributed by atoms with Crippen molar-refractivity contribution in [1.29, 1.82) is 0 Å². The van der Waals surface area contributed by atoms with E-state index in [1.165, 1.54) is 6.07 Å². The number of likely N-dealkylation sites (N-methyl/N-ethyl adjacent to an activating group) is 1. The van der Waals surface area contributed by atoms with Crippen molar-refractivity contribution in [3.63, 3.8) is 0 Å². The summed E-state index contributed by atoms with van der Waals surface area (Å²) in [4.78, 5) is 20.8. The zero-order valence-electron chi connectivity index (χ0n) is 13.1. The molecule has 0 bridgehead atoms. The van der Waals surface area contributed by atoms with Crippen molar-refractivity contribution in [2.45, 2.75) is 19.1 Å². The van der Waals surface area contributed by atoms with Gasteiger partial charge in [-0.15, -0.1) is 0 Å². The summed E-state index contributed by atoms with van der Waals surface area (Å²) in [7, 11) is 2.00. The number of amides is 1. The number of carbonyl (C=O) groups excluding carboxylic acids is 1. The molecule has 2 atom stereocenters. The molecule has 7 heteroatoms. The molecule has 2 aliphatic rings. The van der Waals surface area contributed by atoms with Crippen molar-refractivity contribution < 1.29 is 18.3 Å². The summed E-state index contributed by atoms with van der Waals surface area (Å²) in [5.41, 5.74) is 0.152. The van der Waals surface area contributed by atoms with Gasteiger partial charge in [0.05, 0.1) is 0 Å². The fourth-order valence-electron chi connectivity index (χ4n) is 2.91. The number of halogens is 2. The maximum Gasteiger partial charge on any atom is 0.251 e. The van der Waals surface area contributed by atoms with Gasteiger partial charge in [0.2, 0.25) is 0 Å². The van der Waals surface area contributed by atoms with E-state index in [1.54, 1.807) is 11.8 Å². The Balaban J connectivity index is 1.82. The van der Waals surface area contributed by atoms with Gasteiger partial charge in [-0.2, -0.15) is 0 Å². The molecule has 1 fully saturated rings. The Labute approximate surface area is 133 Å². The molecule has 1 saturated heterocycles. The summed E-state index contributed by atoms with van der Waals surface area (Å²) in [6.07, 6.45) is -0.845. The Bertz CT molecular complexity index is 642. The molecule has 23 heavy (non-hydrogen) atoms. The highest BCUT2D eigenvalue weighted by Gasteiger charge is 2.40. The lowest BCUT2D eigenvalue weighted by Gasteiger charge is -2.34. The van der Waals surface area contributed by atoms with Gasteiger partial charge in [-0.1, -0.05) is 0 Å². The van der Waals surface area contributed by atoms with Gasteiger partial charge in [0.15, 0.2) is 18.0 Å². The smallest absolute Gasteiger partial charge is 0.251 e. The molecule has 1 amide bonds. The van der Waals surface area contributed by atoms with Gasteiger partial charge in [-0.05, 0) is 19.2 Å². The number of nitrogens with zero attached hydrogens (tertiary/aromatic N) is 3. The normalized spacial score (nSPS) is 25.2. The quantitative estimate of drug-likeness (QED) is 0.830. The Morgan fingerprint density at radius 1 is 1.26 bits per heavy atom. The first-order valence-corrected chi connectivity index (χ1v) is 7.59. The largest absolute Gasteiger partial charge is 0.470 e. The standard InChI is InChI=1S/C16H19F2N3O2/c1-10-19-14(16(22)21-7-5-20(2)6-8-21)15(23-10)12-4-3-11(17)9-13(12)18/h3-4,9,14-15H,5-8H2,1-2H3. The van der Waals surface area contributed by atoms with E-state index in [0.717, 1.165) is 25.2 Å². The van der Waals surface area contributed by atoms with Crippen LogP contribution in [-0.4, -0.2) is 60.9 Å². The fraction of sp³-hybridized carbons (Fsp3) is 0.500. The van der Waals surface area contributed by atoms with Gasteiger partial charge in [0.1, 0.15) is 11.6 Å². The molecule has 0 aliphatic carbocycles. The van der Waals surface area contributed by atoms with Crippen LogP contribution in [0.1, 0.15) is 18.6 Å². The van der Waals surface area contributed by atoms with Gasteiger partial charge in [-0.25, -0.2) is 13.8 Å². The van der Waals surface area contributed by atoms with Crippen molar-refractivity contribution in [3.05, 3.63) is 35.4 Å². The molecule has 3 rings (SSSR count). The number of aliphatic imine (C=N–C) groups is 1. The topological polar surface area (TPSA) is 45.1 Å². The lowest BCUT2D eigenvalue weighted by Crippen LogP contribution is -2.50. The highest BCUT2D eigenvalue weighted by atomic mass is 19.1. The number of piperazine rings is 1. The first kappa shape index (κ1) is 15.9. The first-order chi connectivity index (χ1) is 11.0. The van der Waals surface area contributed by atoms with Gasteiger partial charge in [-0.3, -0.25) is 4.79 Å². The number of carbonyl (C=O) groups is 1. The van der Waals surface area contributed by atoms with Crippen LogP contribution in [0, 0.1) is 11.6 Å². The molecular formula is C16H19F2N3O2. The van der Waals surface area contributed by atoms with Crippen LogP contribution in [0.15, 0.2) is 23.2 Å². The molecule has 2 heterocycles. The Kier molecular flexibility index (Phi) is 4.30. The fourth-order valence-corrected chi connectivity index (χ4v) is 2.91. The van der Waals surface area contributed by atoms with Crippen molar-refractivity contribution in [1.82, 2.24) is 9.80 Å². The van der Waals surface area contributed by atoms with Crippen LogP contribution in [0.4, 0.5) is 8.78 Å². The van der Waals surface area contributed by atoms with Crippen LogP contribution in [0.25, 0.3) is 0 Å². The third-order valence-electron chi connectivity index (χ3n) is 4.24. The molecule has 124 valence electrons. The Morgan fingerprint density at radius 3 is 2.61 bits per heavy atom. The second-order valence-corrected chi connectivity index (χ2v) is 5.93. The maximum atomic E-state index is 14.1. The second-order valence-electron chi connectivity index (χ2n) is 5.93. The molecule has 2 aliphatic heterocycles. The summed E-state index contributed by atoms with van der Waals surface area (Å²) in [6.45, 7) is 4.43. The summed E-state index contributed by atoms with van der Waals surface area (Å²) in [6, 6.07) is 2.45. The average molecular weight is 323 g/mol. The van der Waals surface area contributed by atoms with E-state index in [9.17, 15) is 13.6 Å². The lowest BCUT2D eigenvalue weighted by atomic mass is 10.0. The third-order valence-corrected chi connectivity index (χ3v) is 4.24. The minimum Gasteiger partial charge on any atom is -0.470 e. The Hall–Kier alpha value is -2.02. The number of ether oxygens (including phenoxy) is 1. The van der Waals surface area contributed by atoms with E-state index in [1.807, 2.05) is 7.05 Å². The molecule has 0 saturated carbocycles. The van der Waals surface area contributed by atoms with E-state index >= 15 is 0 Å². The summed E-state index contributed by atoms with van der Waals surface area (Å²) >= 11 is 0. The SMILES string of the molecule is CC1=NC(C(=O)N2CCN(C)CC2)C(c2ccc(F)cc2F)O1. The maximum absolute atomic E-state index is 14.1. The van der Waals surface area contributed by atoms with E-state index in [2.05, 4.69) is 9.89 Å². The van der Waals surface area contributed by atoms with Crippen molar-refractivity contribution in [3.8, 4) is 0 Å². The van der Waals surface area contributed by atoms with Crippen LogP contribution in [0.2, 0.25) is 0 Å². The highest BCUT2D eigenvalue weighted by Crippen LogP contribution is 2.32. The van der Waals surface area contributed by atoms with Crippen LogP contribution in [-0.2, 0) is 9.53 Å². The molecule has 5 nitrogen and oxygen atoms in total. The molecule has 1 aromatic rings. The number of rotatable bonds is 2. The number of hydrogen-bond acceptors (Lipinski definition) is 4. The monoisotopic (exact) mass is 323 g/mol. The molecule has 1 aromatic carbocycles. The van der Waals surface area contributed by atoms with Crippen LogP contribution in [0.5, 0.6) is 0 Å². The molecule has 0 spiro atoms. The molecular weight excluding hydrogens is 304 g/mol. The van der Waals surface area contributed by atoms with E-state index in [4.69, 9.17) is 4.74 Å². The average Bonchev–Trinajstić information content (AvgIpc) is 2.89. The summed E-state index contributed by atoms with van der Waals surface area (Å²) in [5.74, 6) is -1.23. The third kappa shape index (κ3) is 3.19. The van der Waals surface area contributed by atoms with Crippen molar-refractivity contribution in [2.24, 2.45) is 4.99 Å². The van der Waals surface area contributed by atoms with E-state index in [-0.39, 0.29) is 11.5 Å². The Morgan fingerprint density at radius 2 is 1.96 bits per heavy atom. The van der Waals surface area contributed by atoms with Gasteiger partial charge >= 0.3 is 0 Å². The predicted octanol–water partition coefficient (Wildman–Crippen LogP) is 1.60. The van der Waals surface area contributed by atoms with Gasteiger partial charge in [0.25, 0.3) is 5.91 Å². The zero-order chi connectivity index (χ0) is 16.6. The highest BCUT2D eigenvalue weighted by molar-refractivity contribution is 5.89. The number of benzene rings is 1. The second kappa shape index (κ2) is 6.23. The molecule has 2 unspecified atom stereocenters. The predicted molar refractivity (Wildman–Crippen MR) is 81.2 cm³/mol. The number of hydrogen-bond donors (Lipinski definition) is 0. The molecule has 0 N–H and O–H groups in total. The summed E-state index contributed by atoms with van der Waals surface area (Å²) < 4.78 is 32.7. The first-order valence-electron chi connectivity index (χ1n) is 7.59.